The molecule has 2 rings (SSSR count). The number of hydrogen-bond donors (Lipinski definition) is 0. The number of nitrogens with zero attached hydrogens (tertiary/aromatic N) is 3. The molecule has 6 heteroatoms. The first-order valence-corrected chi connectivity index (χ1v) is 5.03. The van der Waals surface area contributed by atoms with Gasteiger partial charge in [-0.15, -0.1) is 0 Å². The summed E-state index contributed by atoms with van der Waals surface area (Å²) in [5.41, 5.74) is 0. The first-order chi connectivity index (χ1) is 6.79. The molecule has 0 aliphatic carbocycles. The van der Waals surface area contributed by atoms with Crippen molar-refractivity contribution >= 4 is 28.7 Å². The highest BCUT2D eigenvalue weighted by molar-refractivity contribution is 8.15. The smallest absolute Gasteiger partial charge is 0.276 e. The Hall–Kier alpha value is -1.43. The second-order valence-corrected chi connectivity index (χ2v) is 3.71. The Balaban J connectivity index is 2.26. The molecule has 1 aliphatic rings. The van der Waals surface area contributed by atoms with Gasteiger partial charge in [0.05, 0.1) is 0 Å². The van der Waals surface area contributed by atoms with Gasteiger partial charge in [-0.2, -0.15) is 0 Å². The zero-order valence-electron chi connectivity index (χ0n) is 7.21. The lowest BCUT2D eigenvalue weighted by Crippen LogP contribution is -2.42. The van der Waals surface area contributed by atoms with Crippen LogP contribution in [-0.4, -0.2) is 33.3 Å². The summed E-state index contributed by atoms with van der Waals surface area (Å²) in [7, 11) is 0. The van der Waals surface area contributed by atoms with Crippen LogP contribution >= 0.6 is 11.8 Å². The molecule has 1 saturated heterocycles. The minimum Gasteiger partial charge on any atom is -0.276 e. The van der Waals surface area contributed by atoms with E-state index in [0.29, 0.717) is 18.2 Å². The van der Waals surface area contributed by atoms with Crippen molar-refractivity contribution in [1.29, 1.82) is 0 Å². The summed E-state index contributed by atoms with van der Waals surface area (Å²) in [6.45, 7) is 0.485. The quantitative estimate of drug-likeness (QED) is 0.613. The Labute approximate surface area is 84.5 Å². The van der Waals surface area contributed by atoms with E-state index >= 15 is 0 Å². The van der Waals surface area contributed by atoms with Crippen molar-refractivity contribution in [1.82, 2.24) is 9.97 Å². The highest BCUT2D eigenvalue weighted by Gasteiger charge is 2.29. The Morgan fingerprint density at radius 2 is 2.00 bits per heavy atom. The van der Waals surface area contributed by atoms with Gasteiger partial charge >= 0.3 is 5.91 Å². The Morgan fingerprint density at radius 3 is 2.71 bits per heavy atom. The van der Waals surface area contributed by atoms with Crippen molar-refractivity contribution in [3.8, 4) is 0 Å². The summed E-state index contributed by atoms with van der Waals surface area (Å²) in [6.07, 6.45) is 3.09. The molecule has 0 bridgehead atoms. The minimum absolute atomic E-state index is 0.297. The molecule has 1 aromatic heterocycles. The monoisotopic (exact) mass is 209 g/mol. The molecular formula is C8H7N3O2S. The van der Waals surface area contributed by atoms with E-state index in [2.05, 4.69) is 9.97 Å². The van der Waals surface area contributed by atoms with Gasteiger partial charge in [-0.25, -0.2) is 9.97 Å². The third kappa shape index (κ3) is 1.60. The average Bonchev–Trinajstić information content (AvgIpc) is 2.23. The van der Waals surface area contributed by atoms with Crippen LogP contribution in [0.5, 0.6) is 0 Å². The number of thioether (sulfide) groups is 1. The fourth-order valence-corrected chi connectivity index (χ4v) is 1.82. The summed E-state index contributed by atoms with van der Waals surface area (Å²) < 4.78 is 0. The van der Waals surface area contributed by atoms with Crippen LogP contribution in [-0.2, 0) is 9.59 Å². The van der Waals surface area contributed by atoms with Gasteiger partial charge in [-0.3, -0.25) is 14.5 Å². The zero-order chi connectivity index (χ0) is 9.97. The van der Waals surface area contributed by atoms with Crippen LogP contribution in [0.3, 0.4) is 0 Å². The maximum atomic E-state index is 11.4. The van der Waals surface area contributed by atoms with E-state index in [0.717, 1.165) is 11.8 Å². The molecule has 2 heterocycles. The number of hydrogen-bond acceptors (Lipinski definition) is 5. The van der Waals surface area contributed by atoms with Crippen molar-refractivity contribution in [3.05, 3.63) is 18.5 Å². The Kier molecular flexibility index (Phi) is 2.45. The summed E-state index contributed by atoms with van der Waals surface area (Å²) >= 11 is 1.04. The number of rotatable bonds is 1. The van der Waals surface area contributed by atoms with Gasteiger partial charge in [0, 0.05) is 24.7 Å². The van der Waals surface area contributed by atoms with Gasteiger partial charge in [-0.1, -0.05) is 11.8 Å². The number of amides is 1. The van der Waals surface area contributed by atoms with Gasteiger partial charge in [0.25, 0.3) is 5.12 Å². The molecule has 0 atom stereocenters. The molecule has 0 saturated carbocycles. The first kappa shape index (κ1) is 9.14. The van der Waals surface area contributed by atoms with Crippen LogP contribution in [0.2, 0.25) is 0 Å². The molecule has 1 amide bonds. The molecule has 0 aromatic carbocycles. The Morgan fingerprint density at radius 1 is 1.29 bits per heavy atom. The van der Waals surface area contributed by atoms with Crippen molar-refractivity contribution in [2.24, 2.45) is 0 Å². The van der Waals surface area contributed by atoms with Crippen molar-refractivity contribution < 1.29 is 9.59 Å². The van der Waals surface area contributed by atoms with Crippen molar-refractivity contribution in [2.45, 2.75) is 0 Å². The molecule has 72 valence electrons. The predicted molar refractivity (Wildman–Crippen MR) is 51.9 cm³/mol. The lowest BCUT2D eigenvalue weighted by Gasteiger charge is -2.22. The van der Waals surface area contributed by atoms with Crippen LogP contribution < -0.4 is 4.90 Å². The van der Waals surface area contributed by atoms with Crippen molar-refractivity contribution in [3.63, 3.8) is 0 Å². The second-order valence-electron chi connectivity index (χ2n) is 2.64. The van der Waals surface area contributed by atoms with E-state index in [1.54, 1.807) is 18.5 Å². The molecule has 0 spiro atoms. The maximum absolute atomic E-state index is 11.4. The summed E-state index contributed by atoms with van der Waals surface area (Å²) in [5.74, 6) is 0.363. The molecule has 14 heavy (non-hydrogen) atoms. The highest BCUT2D eigenvalue weighted by atomic mass is 32.2. The van der Waals surface area contributed by atoms with E-state index in [-0.39, 0.29) is 0 Å². The number of aromatic nitrogens is 2. The standard InChI is InChI=1S/C8H7N3O2S/c12-6-7(13)14-5-4-11(6)8-9-2-1-3-10-8/h1-3H,4-5H2. The summed E-state index contributed by atoms with van der Waals surface area (Å²) in [6, 6.07) is 1.66. The van der Waals surface area contributed by atoms with Crippen LogP contribution in [0, 0.1) is 0 Å². The van der Waals surface area contributed by atoms with E-state index in [1.165, 1.54) is 4.90 Å². The normalized spacial score (nSPS) is 17.3. The summed E-state index contributed by atoms with van der Waals surface area (Å²) in [4.78, 5) is 31.6. The second kappa shape index (κ2) is 3.75. The van der Waals surface area contributed by atoms with E-state index < -0.39 is 11.0 Å². The first-order valence-electron chi connectivity index (χ1n) is 4.04. The van der Waals surface area contributed by atoms with Crippen LogP contribution in [0.1, 0.15) is 0 Å². The van der Waals surface area contributed by atoms with E-state index in [4.69, 9.17) is 0 Å². The maximum Gasteiger partial charge on any atom is 0.307 e. The number of anilines is 1. The SMILES string of the molecule is O=C1SCCN(c2ncccn2)C1=O. The molecule has 1 aliphatic heterocycles. The zero-order valence-corrected chi connectivity index (χ0v) is 8.03. The summed E-state index contributed by atoms with van der Waals surface area (Å²) in [5, 5.41) is -0.441. The molecule has 1 aromatic rings. The average molecular weight is 209 g/mol. The fraction of sp³-hybridized carbons (Fsp3) is 0.250. The predicted octanol–water partition coefficient (Wildman–Crippen LogP) is 0.0830. The minimum atomic E-state index is -0.535. The van der Waals surface area contributed by atoms with Gasteiger partial charge in [0.2, 0.25) is 5.95 Å². The van der Waals surface area contributed by atoms with Crippen molar-refractivity contribution in [2.75, 3.05) is 17.2 Å². The Bertz CT molecular complexity index is 368. The van der Waals surface area contributed by atoms with E-state index in [9.17, 15) is 9.59 Å². The van der Waals surface area contributed by atoms with Crippen LogP contribution in [0.15, 0.2) is 18.5 Å². The van der Waals surface area contributed by atoms with Crippen LogP contribution in [0.4, 0.5) is 5.95 Å². The third-order valence-corrected chi connectivity index (χ3v) is 2.58. The van der Waals surface area contributed by atoms with Crippen LogP contribution in [0.25, 0.3) is 0 Å². The fourth-order valence-electron chi connectivity index (χ4n) is 1.12. The largest absolute Gasteiger partial charge is 0.307 e. The van der Waals surface area contributed by atoms with Gasteiger partial charge in [0.1, 0.15) is 0 Å². The molecular weight excluding hydrogens is 202 g/mol. The van der Waals surface area contributed by atoms with Gasteiger partial charge in [-0.05, 0) is 6.07 Å². The molecule has 0 unspecified atom stereocenters. The molecule has 0 radical (unpaired) electrons. The molecule has 1 fully saturated rings. The molecule has 0 N–H and O–H groups in total. The number of carbonyl (C=O) groups is 2. The van der Waals surface area contributed by atoms with Gasteiger partial charge in [0.15, 0.2) is 0 Å². The number of carbonyl (C=O) groups excluding carboxylic acids is 2. The van der Waals surface area contributed by atoms with Gasteiger partial charge < -0.3 is 0 Å². The third-order valence-electron chi connectivity index (χ3n) is 1.76. The molecule has 5 nitrogen and oxygen atoms in total. The topological polar surface area (TPSA) is 63.2 Å². The lowest BCUT2D eigenvalue weighted by atomic mass is 10.5. The lowest BCUT2D eigenvalue weighted by molar-refractivity contribution is -0.131. The highest BCUT2D eigenvalue weighted by Crippen LogP contribution is 2.16. The van der Waals surface area contributed by atoms with E-state index in [1.807, 2.05) is 0 Å².